The first-order valence-electron chi connectivity index (χ1n) is 12.9. The zero-order valence-electron chi connectivity index (χ0n) is 21.1. The first kappa shape index (κ1) is 24.8. The van der Waals surface area contributed by atoms with Crippen molar-refractivity contribution in [2.45, 2.75) is 32.9 Å². The maximum Gasteiger partial charge on any atom is 0.229 e. The van der Waals surface area contributed by atoms with Gasteiger partial charge < -0.3 is 20.4 Å². The molecule has 5 heterocycles. The number of aliphatic hydroxyl groups excluding tert-OH is 2. The second kappa shape index (κ2) is 11.0. The molecule has 10 heteroatoms. The van der Waals surface area contributed by atoms with Gasteiger partial charge in [0.2, 0.25) is 5.95 Å². The monoisotopic (exact) mass is 492 g/mol. The molecule has 1 unspecified atom stereocenters. The molecule has 2 atom stereocenters. The molecule has 2 aliphatic rings. The van der Waals surface area contributed by atoms with Crippen LogP contribution in [0.4, 0.5) is 17.6 Å². The Balaban J connectivity index is 1.29. The lowest BCUT2D eigenvalue weighted by Crippen LogP contribution is -2.46. The van der Waals surface area contributed by atoms with Gasteiger partial charge in [-0.15, -0.1) is 0 Å². The van der Waals surface area contributed by atoms with Crippen molar-refractivity contribution >= 4 is 28.5 Å². The van der Waals surface area contributed by atoms with E-state index in [9.17, 15) is 5.11 Å². The van der Waals surface area contributed by atoms with Crippen LogP contribution in [0.25, 0.3) is 10.9 Å². The van der Waals surface area contributed by atoms with E-state index < -0.39 is 6.10 Å². The Morgan fingerprint density at radius 2 is 1.86 bits per heavy atom. The van der Waals surface area contributed by atoms with Gasteiger partial charge in [-0.2, -0.15) is 0 Å². The summed E-state index contributed by atoms with van der Waals surface area (Å²) in [6, 6.07) is 5.91. The number of piperazine rings is 1. The van der Waals surface area contributed by atoms with Gasteiger partial charge in [-0.25, -0.2) is 19.9 Å². The zero-order valence-corrected chi connectivity index (χ0v) is 21.1. The average molecular weight is 493 g/mol. The van der Waals surface area contributed by atoms with E-state index in [1.165, 1.54) is 0 Å². The summed E-state index contributed by atoms with van der Waals surface area (Å²) in [5.74, 6) is 2.57. The molecule has 0 aliphatic carbocycles. The summed E-state index contributed by atoms with van der Waals surface area (Å²) in [4.78, 5) is 25.6. The fourth-order valence-electron chi connectivity index (χ4n) is 4.94. The molecule has 0 bridgehead atoms. The lowest BCUT2D eigenvalue weighted by atomic mass is 10.2. The predicted octanol–water partition coefficient (Wildman–Crippen LogP) is 2.17. The zero-order chi connectivity index (χ0) is 25.1. The normalized spacial score (nSPS) is 20.2. The summed E-state index contributed by atoms with van der Waals surface area (Å²) < 4.78 is 0. The predicted molar refractivity (Wildman–Crippen MR) is 140 cm³/mol. The molecule has 192 valence electrons. The number of aromatic nitrogens is 4. The van der Waals surface area contributed by atoms with Gasteiger partial charge in [0.15, 0.2) is 5.82 Å². The number of rotatable bonds is 8. The molecule has 0 amide bonds. The third-order valence-electron chi connectivity index (χ3n) is 7.07. The molecule has 3 aromatic rings. The van der Waals surface area contributed by atoms with Crippen molar-refractivity contribution in [2.24, 2.45) is 5.92 Å². The summed E-state index contributed by atoms with van der Waals surface area (Å²) in [6.45, 7) is 11.6. The SMILES string of the molecule is CC(O)c1cc2cnc(Nc3ccc(CN4CCN(CCO)CC4)cn3)nc2c(N2CC[C@@H](C)C2)n1. The average Bonchev–Trinajstić information content (AvgIpc) is 3.32. The molecule has 0 aromatic carbocycles. The first-order chi connectivity index (χ1) is 17.5. The Morgan fingerprint density at radius 3 is 2.53 bits per heavy atom. The topological polar surface area (TPSA) is 114 Å². The van der Waals surface area contributed by atoms with E-state index in [0.29, 0.717) is 23.4 Å². The number of anilines is 3. The van der Waals surface area contributed by atoms with E-state index in [0.717, 1.165) is 81.1 Å². The number of hydrogen-bond acceptors (Lipinski definition) is 10. The Kier molecular flexibility index (Phi) is 7.56. The number of nitrogens with one attached hydrogen (secondary N) is 1. The number of β-amino-alcohol motifs (C(OH)–C–C–N with tert-alkyl or cyclic N) is 1. The van der Waals surface area contributed by atoms with Gasteiger partial charge in [-0.1, -0.05) is 13.0 Å². The minimum Gasteiger partial charge on any atom is -0.395 e. The quantitative estimate of drug-likeness (QED) is 0.432. The van der Waals surface area contributed by atoms with Crippen molar-refractivity contribution in [3.8, 4) is 0 Å². The van der Waals surface area contributed by atoms with Crippen molar-refractivity contribution in [1.82, 2.24) is 29.7 Å². The molecule has 0 radical (unpaired) electrons. The van der Waals surface area contributed by atoms with Crippen LogP contribution in [0.5, 0.6) is 0 Å². The van der Waals surface area contributed by atoms with Crippen LogP contribution in [0.15, 0.2) is 30.6 Å². The highest BCUT2D eigenvalue weighted by Gasteiger charge is 2.24. The fraction of sp³-hybridized carbons (Fsp3) is 0.538. The highest BCUT2D eigenvalue weighted by molar-refractivity contribution is 5.89. The van der Waals surface area contributed by atoms with Gasteiger partial charge in [-0.3, -0.25) is 9.80 Å². The van der Waals surface area contributed by atoms with E-state index >= 15 is 0 Å². The summed E-state index contributed by atoms with van der Waals surface area (Å²) >= 11 is 0. The minimum atomic E-state index is -0.655. The molecule has 0 spiro atoms. The van der Waals surface area contributed by atoms with Crippen molar-refractivity contribution in [1.29, 1.82) is 0 Å². The number of hydrogen-bond donors (Lipinski definition) is 3. The Bertz CT molecular complexity index is 1160. The minimum absolute atomic E-state index is 0.220. The molecule has 3 aromatic heterocycles. The number of pyridine rings is 2. The van der Waals surface area contributed by atoms with Gasteiger partial charge in [0.05, 0.1) is 18.4 Å². The van der Waals surface area contributed by atoms with Gasteiger partial charge in [0.25, 0.3) is 0 Å². The molecular formula is C26H36N8O2. The number of nitrogens with zero attached hydrogens (tertiary/aromatic N) is 7. The van der Waals surface area contributed by atoms with E-state index in [4.69, 9.17) is 15.1 Å². The molecule has 10 nitrogen and oxygen atoms in total. The second-order valence-corrected chi connectivity index (χ2v) is 10.0. The van der Waals surface area contributed by atoms with E-state index in [2.05, 4.69) is 43.0 Å². The Labute approximate surface area is 212 Å². The van der Waals surface area contributed by atoms with Gasteiger partial charge >= 0.3 is 0 Å². The van der Waals surface area contributed by atoms with Crippen molar-refractivity contribution in [2.75, 3.05) is 62.6 Å². The van der Waals surface area contributed by atoms with Crippen LogP contribution in [-0.4, -0.2) is 92.4 Å². The van der Waals surface area contributed by atoms with Gasteiger partial charge in [0.1, 0.15) is 11.3 Å². The molecule has 5 rings (SSSR count). The standard InChI is InChI=1S/C26H36N8O2/c1-18-5-6-34(16-18)25-24-21(13-22(29-25)19(2)36)15-28-26(31-24)30-23-4-3-20(14-27-23)17-33-9-7-32(8-10-33)11-12-35/h3-4,13-15,18-19,35-36H,5-12,16-17H2,1-2H3,(H,27,28,30,31)/t18-,19?/m1/s1. The Morgan fingerprint density at radius 1 is 1.06 bits per heavy atom. The van der Waals surface area contributed by atoms with E-state index in [1.54, 1.807) is 13.1 Å². The van der Waals surface area contributed by atoms with Crippen LogP contribution < -0.4 is 10.2 Å². The first-order valence-corrected chi connectivity index (χ1v) is 12.9. The lowest BCUT2D eigenvalue weighted by molar-refractivity contribution is 0.108. The molecule has 2 fully saturated rings. The molecular weight excluding hydrogens is 456 g/mol. The molecule has 3 N–H and O–H groups in total. The summed E-state index contributed by atoms with van der Waals surface area (Å²) in [7, 11) is 0. The second-order valence-electron chi connectivity index (χ2n) is 10.0. The van der Waals surface area contributed by atoms with Gasteiger partial charge in [0, 0.05) is 70.1 Å². The third kappa shape index (κ3) is 5.73. The van der Waals surface area contributed by atoms with E-state index in [1.807, 2.05) is 18.3 Å². The lowest BCUT2D eigenvalue weighted by Gasteiger charge is -2.34. The van der Waals surface area contributed by atoms with Crippen molar-refractivity contribution in [3.63, 3.8) is 0 Å². The van der Waals surface area contributed by atoms with Crippen LogP contribution in [0.2, 0.25) is 0 Å². The fourth-order valence-corrected chi connectivity index (χ4v) is 4.94. The van der Waals surface area contributed by atoms with Crippen LogP contribution in [-0.2, 0) is 6.54 Å². The smallest absolute Gasteiger partial charge is 0.229 e. The summed E-state index contributed by atoms with van der Waals surface area (Å²) in [5, 5.41) is 23.4. The highest BCUT2D eigenvalue weighted by atomic mass is 16.3. The largest absolute Gasteiger partial charge is 0.395 e. The third-order valence-corrected chi connectivity index (χ3v) is 7.07. The van der Waals surface area contributed by atoms with Crippen LogP contribution in [0.1, 0.15) is 37.6 Å². The molecule has 0 saturated carbocycles. The van der Waals surface area contributed by atoms with E-state index in [-0.39, 0.29) is 6.61 Å². The van der Waals surface area contributed by atoms with Crippen molar-refractivity contribution < 1.29 is 10.2 Å². The van der Waals surface area contributed by atoms with Crippen LogP contribution in [0, 0.1) is 5.92 Å². The Hall–Kier alpha value is -2.92. The van der Waals surface area contributed by atoms with Gasteiger partial charge in [-0.05, 0) is 37.0 Å². The summed E-state index contributed by atoms with van der Waals surface area (Å²) in [5.41, 5.74) is 2.58. The maximum atomic E-state index is 10.2. The highest BCUT2D eigenvalue weighted by Crippen LogP contribution is 2.31. The molecule has 2 aliphatic heterocycles. The molecule has 36 heavy (non-hydrogen) atoms. The van der Waals surface area contributed by atoms with Crippen LogP contribution >= 0.6 is 0 Å². The number of aliphatic hydroxyl groups is 2. The van der Waals surface area contributed by atoms with Crippen molar-refractivity contribution in [3.05, 3.63) is 41.9 Å². The maximum absolute atomic E-state index is 10.2. The van der Waals surface area contributed by atoms with Crippen LogP contribution in [0.3, 0.4) is 0 Å². The molecule has 2 saturated heterocycles. The number of fused-ring (bicyclic) bond motifs is 1. The summed E-state index contributed by atoms with van der Waals surface area (Å²) in [6.07, 6.45) is 4.15.